The highest BCUT2D eigenvalue weighted by atomic mass is 35.5. The molecule has 1 aliphatic heterocycles. The van der Waals surface area contributed by atoms with E-state index < -0.39 is 0 Å². The van der Waals surface area contributed by atoms with Crippen LogP contribution in [0.4, 0.5) is 0 Å². The van der Waals surface area contributed by atoms with Crippen LogP contribution in [0, 0.1) is 0 Å². The minimum absolute atomic E-state index is 0.0548. The molecule has 0 amide bonds. The fourth-order valence-corrected chi connectivity index (χ4v) is 2.91. The summed E-state index contributed by atoms with van der Waals surface area (Å²) in [5.41, 5.74) is 1.10. The first-order valence-corrected chi connectivity index (χ1v) is 9.10. The van der Waals surface area contributed by atoms with Crippen molar-refractivity contribution < 1.29 is 14.2 Å². The van der Waals surface area contributed by atoms with Gasteiger partial charge in [0.1, 0.15) is 0 Å². The summed E-state index contributed by atoms with van der Waals surface area (Å²) in [6.07, 6.45) is 0.0548. The molecule has 0 atom stereocenters. The predicted octanol–water partition coefficient (Wildman–Crippen LogP) is 2.95. The SMILES string of the molecule is CCOc1cc(CNCCN2CCOCC2)cc(Cl)c1OC(C)C. The first-order valence-electron chi connectivity index (χ1n) is 8.72. The van der Waals surface area contributed by atoms with Crippen molar-refractivity contribution in [1.82, 2.24) is 10.2 Å². The molecule has 1 heterocycles. The average molecular weight is 357 g/mol. The van der Waals surface area contributed by atoms with Gasteiger partial charge in [-0.2, -0.15) is 0 Å². The summed E-state index contributed by atoms with van der Waals surface area (Å²) >= 11 is 6.39. The molecular formula is C18H29ClN2O3. The van der Waals surface area contributed by atoms with Crippen molar-refractivity contribution in [1.29, 1.82) is 0 Å². The molecule has 0 spiro atoms. The highest BCUT2D eigenvalue weighted by molar-refractivity contribution is 6.32. The highest BCUT2D eigenvalue weighted by Gasteiger charge is 2.14. The molecule has 0 radical (unpaired) electrons. The van der Waals surface area contributed by atoms with Crippen molar-refractivity contribution in [2.45, 2.75) is 33.4 Å². The summed E-state index contributed by atoms with van der Waals surface area (Å²) in [4.78, 5) is 2.41. The molecule has 1 saturated heterocycles. The lowest BCUT2D eigenvalue weighted by Crippen LogP contribution is -2.40. The molecule has 24 heavy (non-hydrogen) atoms. The molecule has 0 aromatic heterocycles. The Kier molecular flexibility index (Phi) is 8.12. The van der Waals surface area contributed by atoms with Crippen molar-refractivity contribution in [3.05, 3.63) is 22.7 Å². The van der Waals surface area contributed by atoms with E-state index in [2.05, 4.69) is 10.2 Å². The monoisotopic (exact) mass is 356 g/mol. The van der Waals surface area contributed by atoms with Gasteiger partial charge in [0.2, 0.25) is 0 Å². The van der Waals surface area contributed by atoms with Gasteiger partial charge in [0.15, 0.2) is 11.5 Å². The second-order valence-corrected chi connectivity index (χ2v) is 6.54. The number of ether oxygens (including phenoxy) is 3. The largest absolute Gasteiger partial charge is 0.490 e. The molecule has 0 bridgehead atoms. The van der Waals surface area contributed by atoms with Crippen LogP contribution in [-0.4, -0.2) is 57.0 Å². The summed E-state index contributed by atoms with van der Waals surface area (Å²) in [6, 6.07) is 3.96. The fourth-order valence-electron chi connectivity index (χ4n) is 2.63. The Bertz CT molecular complexity index is 505. The summed E-state index contributed by atoms with van der Waals surface area (Å²) in [5, 5.41) is 4.07. The molecule has 1 aliphatic rings. The van der Waals surface area contributed by atoms with Crippen LogP contribution in [0.5, 0.6) is 11.5 Å². The molecule has 0 unspecified atom stereocenters. The minimum atomic E-state index is 0.0548. The topological polar surface area (TPSA) is 43.0 Å². The van der Waals surface area contributed by atoms with E-state index in [9.17, 15) is 0 Å². The number of nitrogens with zero attached hydrogens (tertiary/aromatic N) is 1. The van der Waals surface area contributed by atoms with Gasteiger partial charge < -0.3 is 19.5 Å². The Morgan fingerprint density at radius 2 is 2.04 bits per heavy atom. The normalized spacial score (nSPS) is 15.7. The summed E-state index contributed by atoms with van der Waals surface area (Å²) in [7, 11) is 0. The lowest BCUT2D eigenvalue weighted by atomic mass is 10.2. The zero-order valence-corrected chi connectivity index (χ0v) is 15.7. The highest BCUT2D eigenvalue weighted by Crippen LogP contribution is 2.37. The number of halogens is 1. The lowest BCUT2D eigenvalue weighted by molar-refractivity contribution is 0.0384. The smallest absolute Gasteiger partial charge is 0.180 e. The van der Waals surface area contributed by atoms with E-state index in [1.807, 2.05) is 32.9 Å². The number of rotatable bonds is 9. The third kappa shape index (κ3) is 6.13. The Balaban J connectivity index is 1.89. The second kappa shape index (κ2) is 10.1. The third-order valence-electron chi connectivity index (χ3n) is 3.76. The molecule has 6 heteroatoms. The molecule has 1 aromatic carbocycles. The Labute approximate surface area is 150 Å². The van der Waals surface area contributed by atoms with Crippen LogP contribution in [0.3, 0.4) is 0 Å². The fraction of sp³-hybridized carbons (Fsp3) is 0.667. The number of nitrogens with one attached hydrogen (secondary N) is 1. The van der Waals surface area contributed by atoms with E-state index in [0.717, 1.165) is 51.5 Å². The van der Waals surface area contributed by atoms with Gasteiger partial charge >= 0.3 is 0 Å². The molecule has 0 aliphatic carbocycles. The maximum absolute atomic E-state index is 6.39. The molecule has 1 fully saturated rings. The van der Waals surface area contributed by atoms with Gasteiger partial charge in [-0.3, -0.25) is 4.90 Å². The molecule has 1 N–H and O–H groups in total. The Morgan fingerprint density at radius 3 is 2.71 bits per heavy atom. The predicted molar refractivity (Wildman–Crippen MR) is 97.4 cm³/mol. The molecule has 5 nitrogen and oxygen atoms in total. The standard InChI is InChI=1S/C18H29ClN2O3/c1-4-23-17-12-15(11-16(19)18(17)24-14(2)3)13-20-5-6-21-7-9-22-10-8-21/h11-12,14,20H,4-10,13H2,1-3H3. The summed E-state index contributed by atoms with van der Waals surface area (Å²) < 4.78 is 16.9. The summed E-state index contributed by atoms with van der Waals surface area (Å²) in [6.45, 7) is 12.9. The maximum Gasteiger partial charge on any atom is 0.180 e. The molecule has 2 rings (SSSR count). The van der Waals surface area contributed by atoms with Crippen LogP contribution in [0.25, 0.3) is 0 Å². The van der Waals surface area contributed by atoms with Gasteiger partial charge in [-0.05, 0) is 38.5 Å². The lowest BCUT2D eigenvalue weighted by Gasteiger charge is -2.26. The van der Waals surface area contributed by atoms with Gasteiger partial charge in [0, 0.05) is 32.7 Å². The summed E-state index contributed by atoms with van der Waals surface area (Å²) in [5.74, 6) is 1.34. The van der Waals surface area contributed by atoms with Crippen LogP contribution in [0.1, 0.15) is 26.3 Å². The molecular weight excluding hydrogens is 328 g/mol. The Hall–Kier alpha value is -1.01. The van der Waals surface area contributed by atoms with Crippen molar-refractivity contribution in [2.75, 3.05) is 46.0 Å². The van der Waals surface area contributed by atoms with Crippen LogP contribution >= 0.6 is 11.6 Å². The van der Waals surface area contributed by atoms with Crippen molar-refractivity contribution in [3.63, 3.8) is 0 Å². The number of hydrogen-bond acceptors (Lipinski definition) is 5. The van der Waals surface area contributed by atoms with Crippen LogP contribution < -0.4 is 14.8 Å². The van der Waals surface area contributed by atoms with E-state index in [1.165, 1.54) is 0 Å². The quantitative estimate of drug-likeness (QED) is 0.689. The first-order chi connectivity index (χ1) is 11.6. The maximum atomic E-state index is 6.39. The minimum Gasteiger partial charge on any atom is -0.490 e. The Morgan fingerprint density at radius 1 is 1.29 bits per heavy atom. The van der Waals surface area contributed by atoms with Crippen LogP contribution in [0.2, 0.25) is 5.02 Å². The van der Waals surface area contributed by atoms with E-state index in [4.69, 9.17) is 25.8 Å². The zero-order valence-electron chi connectivity index (χ0n) is 14.9. The zero-order chi connectivity index (χ0) is 17.4. The molecule has 136 valence electrons. The first kappa shape index (κ1) is 19.3. The number of hydrogen-bond donors (Lipinski definition) is 1. The molecule has 0 saturated carbocycles. The van der Waals surface area contributed by atoms with E-state index >= 15 is 0 Å². The van der Waals surface area contributed by atoms with E-state index in [-0.39, 0.29) is 6.10 Å². The van der Waals surface area contributed by atoms with Crippen molar-refractivity contribution >= 4 is 11.6 Å². The van der Waals surface area contributed by atoms with Crippen LogP contribution in [0.15, 0.2) is 12.1 Å². The van der Waals surface area contributed by atoms with Gasteiger partial charge in [-0.15, -0.1) is 0 Å². The van der Waals surface area contributed by atoms with Crippen LogP contribution in [-0.2, 0) is 11.3 Å². The van der Waals surface area contributed by atoms with Gasteiger partial charge in [0.05, 0.1) is 30.9 Å². The number of benzene rings is 1. The van der Waals surface area contributed by atoms with Gasteiger partial charge in [-0.25, -0.2) is 0 Å². The molecule has 1 aromatic rings. The van der Waals surface area contributed by atoms with Gasteiger partial charge in [0.25, 0.3) is 0 Å². The van der Waals surface area contributed by atoms with Crippen molar-refractivity contribution in [2.24, 2.45) is 0 Å². The third-order valence-corrected chi connectivity index (χ3v) is 4.04. The number of morpholine rings is 1. The average Bonchev–Trinajstić information content (AvgIpc) is 2.56. The second-order valence-electron chi connectivity index (χ2n) is 6.14. The van der Waals surface area contributed by atoms with E-state index in [0.29, 0.717) is 23.1 Å². The van der Waals surface area contributed by atoms with Crippen molar-refractivity contribution in [3.8, 4) is 11.5 Å². The van der Waals surface area contributed by atoms with E-state index in [1.54, 1.807) is 0 Å². The van der Waals surface area contributed by atoms with Gasteiger partial charge in [-0.1, -0.05) is 11.6 Å².